The summed E-state index contributed by atoms with van der Waals surface area (Å²) >= 11 is 19.4. The molecule has 0 atom stereocenters. The highest BCUT2D eigenvalue weighted by atomic mass is 35.5. The molecule has 130 valence electrons. The van der Waals surface area contributed by atoms with Crippen LogP contribution in [0, 0.1) is 0 Å². The molecular weight excluding hydrogens is 395 g/mol. The molecule has 0 radical (unpaired) electrons. The third-order valence-corrected chi connectivity index (χ3v) is 4.92. The Balaban J connectivity index is 1.98. The number of nitrogens with zero attached hydrogens (tertiary/aromatic N) is 4. The monoisotopic (exact) mass is 404 g/mol. The highest BCUT2D eigenvalue weighted by Crippen LogP contribution is 2.41. The van der Waals surface area contributed by atoms with E-state index >= 15 is 0 Å². The molecule has 2 heterocycles. The average Bonchev–Trinajstić information content (AvgIpc) is 3.11. The molecule has 2 aromatic carbocycles. The maximum absolute atomic E-state index is 6.55. The summed E-state index contributed by atoms with van der Waals surface area (Å²) < 4.78 is 6.66. The molecular formula is C18H11Cl3N4O. The first-order valence-electron chi connectivity index (χ1n) is 7.58. The van der Waals surface area contributed by atoms with Gasteiger partial charge in [-0.3, -0.25) is 0 Å². The van der Waals surface area contributed by atoms with Crippen molar-refractivity contribution in [3.05, 3.63) is 64.1 Å². The van der Waals surface area contributed by atoms with E-state index in [1.165, 1.54) is 10.8 Å². The van der Waals surface area contributed by atoms with E-state index in [0.29, 0.717) is 27.3 Å². The second-order valence-corrected chi connectivity index (χ2v) is 6.55. The minimum atomic E-state index is 0.243. The Morgan fingerprint density at radius 2 is 1.73 bits per heavy atom. The van der Waals surface area contributed by atoms with E-state index in [-0.39, 0.29) is 5.15 Å². The minimum absolute atomic E-state index is 0.243. The van der Waals surface area contributed by atoms with E-state index in [1.54, 1.807) is 13.2 Å². The van der Waals surface area contributed by atoms with Gasteiger partial charge < -0.3 is 4.74 Å². The summed E-state index contributed by atoms with van der Waals surface area (Å²) in [5, 5.41) is 5.22. The average molecular weight is 406 g/mol. The molecule has 0 aliphatic rings. The van der Waals surface area contributed by atoms with Crippen LogP contribution in [0.1, 0.15) is 0 Å². The van der Waals surface area contributed by atoms with Crippen molar-refractivity contribution in [1.82, 2.24) is 19.6 Å². The van der Waals surface area contributed by atoms with E-state index in [1.807, 2.05) is 36.4 Å². The molecule has 0 saturated heterocycles. The summed E-state index contributed by atoms with van der Waals surface area (Å²) in [6.07, 6.45) is 1.38. The molecule has 0 saturated carbocycles. The molecule has 0 bridgehead atoms. The molecule has 2 aromatic heterocycles. The fraction of sp³-hybridized carbons (Fsp3) is 0.0556. The molecule has 0 amide bonds. The van der Waals surface area contributed by atoms with Gasteiger partial charge in [0.1, 0.15) is 22.4 Å². The summed E-state index contributed by atoms with van der Waals surface area (Å²) in [4.78, 5) is 8.30. The molecule has 26 heavy (non-hydrogen) atoms. The Bertz CT molecular complexity index is 1130. The van der Waals surface area contributed by atoms with Gasteiger partial charge in [-0.2, -0.15) is 19.6 Å². The zero-order valence-electron chi connectivity index (χ0n) is 13.4. The molecule has 0 N–H and O–H groups in total. The lowest BCUT2D eigenvalue weighted by molar-refractivity contribution is 0.415. The van der Waals surface area contributed by atoms with E-state index in [4.69, 9.17) is 39.5 Å². The SMILES string of the molecule is COc1ccc(-c2ccccc2-c2c(Cl)nc3ncnn3c2Cl)c(Cl)c1. The van der Waals surface area contributed by atoms with Crippen LogP contribution >= 0.6 is 34.8 Å². The van der Waals surface area contributed by atoms with Gasteiger partial charge in [-0.15, -0.1) is 0 Å². The lowest BCUT2D eigenvalue weighted by atomic mass is 9.96. The van der Waals surface area contributed by atoms with Crippen LogP contribution in [0.2, 0.25) is 15.3 Å². The molecule has 0 unspecified atom stereocenters. The topological polar surface area (TPSA) is 52.3 Å². The second kappa shape index (κ2) is 6.76. The van der Waals surface area contributed by atoms with Crippen LogP contribution in [0.4, 0.5) is 0 Å². The van der Waals surface area contributed by atoms with Crippen LogP contribution in [0.25, 0.3) is 28.0 Å². The van der Waals surface area contributed by atoms with Gasteiger partial charge in [-0.05, 0) is 29.3 Å². The number of hydrogen-bond donors (Lipinski definition) is 0. The number of rotatable bonds is 3. The van der Waals surface area contributed by atoms with Crippen molar-refractivity contribution >= 4 is 40.6 Å². The van der Waals surface area contributed by atoms with Crippen LogP contribution in [-0.4, -0.2) is 26.7 Å². The Morgan fingerprint density at radius 1 is 0.962 bits per heavy atom. The highest BCUT2D eigenvalue weighted by molar-refractivity contribution is 6.38. The van der Waals surface area contributed by atoms with Gasteiger partial charge in [-0.1, -0.05) is 59.1 Å². The number of methoxy groups -OCH3 is 1. The summed E-state index contributed by atoms with van der Waals surface area (Å²) in [5.41, 5.74) is 3.05. The summed E-state index contributed by atoms with van der Waals surface area (Å²) in [6, 6.07) is 13.2. The Hall–Kier alpha value is -2.34. The molecule has 5 nitrogen and oxygen atoms in total. The zero-order chi connectivity index (χ0) is 18.3. The maximum Gasteiger partial charge on any atom is 0.255 e. The van der Waals surface area contributed by atoms with E-state index in [2.05, 4.69) is 15.1 Å². The largest absolute Gasteiger partial charge is 0.497 e. The fourth-order valence-corrected chi connectivity index (χ4v) is 3.68. The quantitative estimate of drug-likeness (QED) is 0.427. The molecule has 8 heteroatoms. The van der Waals surface area contributed by atoms with Crippen molar-refractivity contribution in [3.8, 4) is 28.0 Å². The number of halogens is 3. The molecule has 0 aliphatic carbocycles. The molecule has 0 aliphatic heterocycles. The van der Waals surface area contributed by atoms with Gasteiger partial charge in [0.2, 0.25) is 0 Å². The first-order chi connectivity index (χ1) is 12.6. The van der Waals surface area contributed by atoms with Crippen molar-refractivity contribution in [3.63, 3.8) is 0 Å². The van der Waals surface area contributed by atoms with Crippen molar-refractivity contribution in [2.75, 3.05) is 7.11 Å². The molecule has 0 spiro atoms. The Kier molecular flexibility index (Phi) is 4.44. The Labute approximate surface area is 164 Å². The predicted octanol–water partition coefficient (Wildman–Crippen LogP) is 5.43. The van der Waals surface area contributed by atoms with Crippen LogP contribution in [0.5, 0.6) is 5.75 Å². The standard InChI is InChI=1S/C18H11Cl3N4O/c1-26-10-6-7-12(14(19)8-10)11-4-2-3-5-13(11)15-16(20)24-18-22-9-23-25(18)17(15)21/h2-9H,1H3. The van der Waals surface area contributed by atoms with Crippen molar-refractivity contribution in [1.29, 1.82) is 0 Å². The summed E-state index contributed by atoms with van der Waals surface area (Å²) in [6.45, 7) is 0. The first kappa shape index (κ1) is 17.1. The van der Waals surface area contributed by atoms with E-state index in [9.17, 15) is 0 Å². The van der Waals surface area contributed by atoms with Gasteiger partial charge in [0.25, 0.3) is 5.78 Å². The third kappa shape index (κ3) is 2.78. The number of fused-ring (bicyclic) bond motifs is 1. The van der Waals surface area contributed by atoms with E-state index < -0.39 is 0 Å². The van der Waals surface area contributed by atoms with Gasteiger partial charge in [0, 0.05) is 5.56 Å². The molecule has 4 aromatic rings. The van der Waals surface area contributed by atoms with Gasteiger partial charge in [0.05, 0.1) is 17.7 Å². The van der Waals surface area contributed by atoms with Crippen LogP contribution in [0.3, 0.4) is 0 Å². The lowest BCUT2D eigenvalue weighted by Crippen LogP contribution is -1.98. The van der Waals surface area contributed by atoms with Gasteiger partial charge in [0.15, 0.2) is 0 Å². The lowest BCUT2D eigenvalue weighted by Gasteiger charge is -2.14. The highest BCUT2D eigenvalue weighted by Gasteiger charge is 2.20. The van der Waals surface area contributed by atoms with Gasteiger partial charge >= 0.3 is 0 Å². The molecule has 4 rings (SSSR count). The smallest absolute Gasteiger partial charge is 0.255 e. The van der Waals surface area contributed by atoms with Crippen molar-refractivity contribution < 1.29 is 4.74 Å². The number of aromatic nitrogens is 4. The van der Waals surface area contributed by atoms with Crippen molar-refractivity contribution in [2.24, 2.45) is 0 Å². The first-order valence-corrected chi connectivity index (χ1v) is 8.71. The van der Waals surface area contributed by atoms with Gasteiger partial charge in [-0.25, -0.2) is 0 Å². The Morgan fingerprint density at radius 3 is 2.46 bits per heavy atom. The minimum Gasteiger partial charge on any atom is -0.497 e. The number of benzene rings is 2. The van der Waals surface area contributed by atoms with E-state index in [0.717, 1.165) is 16.7 Å². The number of ether oxygens (including phenoxy) is 1. The zero-order valence-corrected chi connectivity index (χ0v) is 15.7. The predicted molar refractivity (Wildman–Crippen MR) is 103 cm³/mol. The normalized spacial score (nSPS) is 11.1. The van der Waals surface area contributed by atoms with Crippen LogP contribution < -0.4 is 4.74 Å². The fourth-order valence-electron chi connectivity index (χ4n) is 2.78. The van der Waals surface area contributed by atoms with Crippen LogP contribution in [-0.2, 0) is 0 Å². The molecule has 0 fully saturated rings. The summed E-state index contributed by atoms with van der Waals surface area (Å²) in [5.74, 6) is 1.02. The number of hydrogen-bond acceptors (Lipinski definition) is 4. The maximum atomic E-state index is 6.55. The second-order valence-electron chi connectivity index (χ2n) is 5.43. The van der Waals surface area contributed by atoms with Crippen molar-refractivity contribution in [2.45, 2.75) is 0 Å². The summed E-state index contributed by atoms with van der Waals surface area (Å²) in [7, 11) is 1.60. The van der Waals surface area contributed by atoms with Crippen LogP contribution in [0.15, 0.2) is 48.8 Å². The third-order valence-electron chi connectivity index (χ3n) is 3.99.